The summed E-state index contributed by atoms with van der Waals surface area (Å²) in [7, 11) is 1.56. The molecule has 100 valence electrons. The van der Waals surface area contributed by atoms with Crippen LogP contribution in [-0.2, 0) is 4.79 Å². The summed E-state index contributed by atoms with van der Waals surface area (Å²) in [5.74, 6) is 0.899. The van der Waals surface area contributed by atoms with Gasteiger partial charge in [-0.05, 0) is 12.0 Å². The number of hydrogen-bond donors (Lipinski definition) is 2. The Morgan fingerprint density at radius 3 is 2.67 bits per heavy atom. The molecular formula is C14H21NO3. The van der Waals surface area contributed by atoms with Crippen molar-refractivity contribution < 1.29 is 14.6 Å². The molecule has 0 saturated heterocycles. The van der Waals surface area contributed by atoms with Gasteiger partial charge in [0.1, 0.15) is 5.75 Å². The van der Waals surface area contributed by atoms with Crippen LogP contribution in [0.4, 0.5) is 0 Å². The van der Waals surface area contributed by atoms with Crippen LogP contribution in [0.2, 0.25) is 0 Å². The summed E-state index contributed by atoms with van der Waals surface area (Å²) in [6.45, 7) is 4.17. The lowest BCUT2D eigenvalue weighted by molar-refractivity contribution is -0.122. The normalized spacial score (nSPS) is 12.3. The highest BCUT2D eigenvalue weighted by Gasteiger charge is 2.14. The lowest BCUT2D eigenvalue weighted by Crippen LogP contribution is -2.29. The molecule has 0 aliphatic rings. The fraction of sp³-hybridized carbons (Fsp3) is 0.500. The van der Waals surface area contributed by atoms with Gasteiger partial charge in [0, 0.05) is 18.5 Å². The fourth-order valence-electron chi connectivity index (χ4n) is 1.71. The van der Waals surface area contributed by atoms with Crippen molar-refractivity contribution in [2.24, 2.45) is 5.92 Å². The molecule has 0 heterocycles. The summed E-state index contributed by atoms with van der Waals surface area (Å²) in [5, 5.41) is 12.7. The van der Waals surface area contributed by atoms with Gasteiger partial charge in [0.05, 0.1) is 13.2 Å². The van der Waals surface area contributed by atoms with Crippen molar-refractivity contribution in [1.29, 1.82) is 0 Å². The van der Waals surface area contributed by atoms with Crippen LogP contribution in [0.3, 0.4) is 0 Å². The molecule has 1 atom stereocenters. The van der Waals surface area contributed by atoms with E-state index in [1.54, 1.807) is 19.2 Å². The highest BCUT2D eigenvalue weighted by Crippen LogP contribution is 2.23. The van der Waals surface area contributed by atoms with E-state index in [1.165, 1.54) is 0 Å². The van der Waals surface area contributed by atoms with E-state index in [9.17, 15) is 9.90 Å². The van der Waals surface area contributed by atoms with Gasteiger partial charge in [-0.2, -0.15) is 0 Å². The number of rotatable bonds is 6. The maximum atomic E-state index is 11.5. The quantitative estimate of drug-likeness (QED) is 0.811. The minimum absolute atomic E-state index is 0.0426. The summed E-state index contributed by atoms with van der Waals surface area (Å²) < 4.78 is 5.17. The van der Waals surface area contributed by atoms with E-state index >= 15 is 0 Å². The molecule has 1 aromatic rings. The van der Waals surface area contributed by atoms with Crippen LogP contribution in [0, 0.1) is 5.92 Å². The average Bonchev–Trinajstić information content (AvgIpc) is 2.35. The average molecular weight is 251 g/mol. The summed E-state index contributed by atoms with van der Waals surface area (Å²) >= 11 is 0. The molecule has 0 aliphatic heterocycles. The molecule has 1 amide bonds. The third-order valence-corrected chi connectivity index (χ3v) is 2.58. The first-order valence-electron chi connectivity index (χ1n) is 6.12. The Morgan fingerprint density at radius 1 is 1.39 bits per heavy atom. The van der Waals surface area contributed by atoms with Gasteiger partial charge in [-0.3, -0.25) is 4.79 Å². The van der Waals surface area contributed by atoms with Crippen molar-refractivity contribution >= 4 is 5.91 Å². The molecule has 1 rings (SSSR count). The largest absolute Gasteiger partial charge is 0.496 e. The number of methoxy groups -OCH3 is 1. The van der Waals surface area contributed by atoms with Crippen molar-refractivity contribution in [3.05, 3.63) is 29.8 Å². The van der Waals surface area contributed by atoms with Crippen molar-refractivity contribution in [1.82, 2.24) is 5.32 Å². The Balaban J connectivity index is 2.55. The van der Waals surface area contributed by atoms with E-state index in [0.29, 0.717) is 23.7 Å². The molecule has 0 saturated carbocycles. The number of benzene rings is 1. The molecule has 0 aliphatic carbocycles. The van der Waals surface area contributed by atoms with Crippen LogP contribution < -0.4 is 10.1 Å². The number of hydrogen-bond acceptors (Lipinski definition) is 3. The second-order valence-electron chi connectivity index (χ2n) is 4.66. The second kappa shape index (κ2) is 7.01. The van der Waals surface area contributed by atoms with Gasteiger partial charge in [-0.1, -0.05) is 32.0 Å². The predicted molar refractivity (Wildman–Crippen MR) is 70.4 cm³/mol. The first-order valence-corrected chi connectivity index (χ1v) is 6.12. The predicted octanol–water partition coefficient (Wildman–Crippen LogP) is 1.89. The molecule has 1 unspecified atom stereocenters. The Labute approximate surface area is 108 Å². The van der Waals surface area contributed by atoms with Crippen molar-refractivity contribution in [2.75, 3.05) is 13.7 Å². The maximum absolute atomic E-state index is 11.5. The Bertz CT molecular complexity index is 390. The fourth-order valence-corrected chi connectivity index (χ4v) is 1.71. The van der Waals surface area contributed by atoms with Crippen LogP contribution in [-0.4, -0.2) is 24.7 Å². The van der Waals surface area contributed by atoms with E-state index in [-0.39, 0.29) is 12.5 Å². The molecule has 0 fully saturated rings. The van der Waals surface area contributed by atoms with Crippen LogP contribution >= 0.6 is 0 Å². The molecule has 0 bridgehead atoms. The monoisotopic (exact) mass is 251 g/mol. The third-order valence-electron chi connectivity index (χ3n) is 2.58. The zero-order chi connectivity index (χ0) is 13.5. The van der Waals surface area contributed by atoms with Crippen molar-refractivity contribution in [3.8, 4) is 5.75 Å². The zero-order valence-corrected chi connectivity index (χ0v) is 11.1. The van der Waals surface area contributed by atoms with Gasteiger partial charge in [-0.25, -0.2) is 0 Å². The Hall–Kier alpha value is -1.55. The molecule has 18 heavy (non-hydrogen) atoms. The lowest BCUT2D eigenvalue weighted by Gasteiger charge is -2.15. The van der Waals surface area contributed by atoms with Gasteiger partial charge < -0.3 is 15.2 Å². The minimum Gasteiger partial charge on any atom is -0.496 e. The van der Waals surface area contributed by atoms with E-state index in [2.05, 4.69) is 5.32 Å². The SMILES string of the molecule is COc1ccccc1C(O)CNC(=O)CC(C)C. The number of nitrogens with one attached hydrogen (secondary N) is 1. The third kappa shape index (κ3) is 4.37. The van der Waals surface area contributed by atoms with Crippen LogP contribution in [0.25, 0.3) is 0 Å². The minimum atomic E-state index is -0.753. The van der Waals surface area contributed by atoms with Crippen LogP contribution in [0.1, 0.15) is 31.9 Å². The highest BCUT2D eigenvalue weighted by molar-refractivity contribution is 5.76. The zero-order valence-electron chi connectivity index (χ0n) is 11.1. The van der Waals surface area contributed by atoms with E-state index < -0.39 is 6.10 Å². The topological polar surface area (TPSA) is 58.6 Å². The summed E-state index contributed by atoms with van der Waals surface area (Å²) in [6, 6.07) is 7.25. The summed E-state index contributed by atoms with van der Waals surface area (Å²) in [6.07, 6.45) is -0.282. The lowest BCUT2D eigenvalue weighted by atomic mass is 10.1. The first-order chi connectivity index (χ1) is 8.54. The number of carbonyl (C=O) groups is 1. The van der Waals surface area contributed by atoms with Gasteiger partial charge in [-0.15, -0.1) is 0 Å². The first kappa shape index (κ1) is 14.5. The molecule has 1 aromatic carbocycles. The molecule has 2 N–H and O–H groups in total. The maximum Gasteiger partial charge on any atom is 0.220 e. The van der Waals surface area contributed by atoms with E-state index in [4.69, 9.17) is 4.74 Å². The van der Waals surface area contributed by atoms with Crippen molar-refractivity contribution in [2.45, 2.75) is 26.4 Å². The second-order valence-corrected chi connectivity index (χ2v) is 4.66. The standard InChI is InChI=1S/C14H21NO3/c1-10(2)8-14(17)15-9-12(16)11-6-4-5-7-13(11)18-3/h4-7,10,12,16H,8-9H2,1-3H3,(H,15,17). The van der Waals surface area contributed by atoms with Gasteiger partial charge in [0.2, 0.25) is 5.91 Å². The van der Waals surface area contributed by atoms with E-state index in [0.717, 1.165) is 0 Å². The summed E-state index contributed by atoms with van der Waals surface area (Å²) in [5.41, 5.74) is 0.685. The summed E-state index contributed by atoms with van der Waals surface area (Å²) in [4.78, 5) is 11.5. The number of aliphatic hydroxyl groups is 1. The molecule has 0 aromatic heterocycles. The highest BCUT2D eigenvalue weighted by atomic mass is 16.5. The van der Waals surface area contributed by atoms with Crippen molar-refractivity contribution in [3.63, 3.8) is 0 Å². The Kier molecular flexibility index (Phi) is 5.65. The molecule has 0 spiro atoms. The van der Waals surface area contributed by atoms with Crippen LogP contribution in [0.15, 0.2) is 24.3 Å². The Morgan fingerprint density at radius 2 is 2.06 bits per heavy atom. The molecule has 4 heteroatoms. The molecule has 4 nitrogen and oxygen atoms in total. The smallest absolute Gasteiger partial charge is 0.220 e. The van der Waals surface area contributed by atoms with Gasteiger partial charge in [0.15, 0.2) is 0 Å². The van der Waals surface area contributed by atoms with Gasteiger partial charge in [0.25, 0.3) is 0 Å². The van der Waals surface area contributed by atoms with E-state index in [1.807, 2.05) is 26.0 Å². The molecule has 0 radical (unpaired) electrons. The number of ether oxygens (including phenoxy) is 1. The van der Waals surface area contributed by atoms with Crippen LogP contribution in [0.5, 0.6) is 5.75 Å². The number of para-hydroxylation sites is 1. The number of carbonyl (C=O) groups excluding carboxylic acids is 1. The van der Waals surface area contributed by atoms with Gasteiger partial charge >= 0.3 is 0 Å². The molecular weight excluding hydrogens is 230 g/mol. The number of amides is 1. The number of aliphatic hydroxyl groups excluding tert-OH is 1.